The van der Waals surface area contributed by atoms with Crippen molar-refractivity contribution in [2.24, 2.45) is 0 Å². The topological polar surface area (TPSA) is 51.1 Å². The average molecular weight is 347 g/mol. The van der Waals surface area contributed by atoms with E-state index in [1.54, 1.807) is 16.7 Å². The summed E-state index contributed by atoms with van der Waals surface area (Å²) in [6.45, 7) is 2.58. The van der Waals surface area contributed by atoms with Crippen LogP contribution >= 0.6 is 22.9 Å². The van der Waals surface area contributed by atoms with E-state index < -0.39 is 0 Å². The van der Waals surface area contributed by atoms with Gasteiger partial charge in [-0.15, -0.1) is 0 Å². The molecule has 0 saturated heterocycles. The fourth-order valence-corrected chi connectivity index (χ4v) is 3.56. The van der Waals surface area contributed by atoms with Crippen LogP contribution in [0.15, 0.2) is 47.3 Å². The molecule has 0 spiro atoms. The van der Waals surface area contributed by atoms with Gasteiger partial charge in [0.05, 0.1) is 16.6 Å². The number of anilines is 1. The zero-order valence-electron chi connectivity index (χ0n) is 12.5. The van der Waals surface area contributed by atoms with Gasteiger partial charge in [-0.05, 0) is 42.8 Å². The van der Waals surface area contributed by atoms with E-state index in [0.29, 0.717) is 17.3 Å². The van der Waals surface area contributed by atoms with Crippen LogP contribution in [0, 0.1) is 0 Å². The maximum atomic E-state index is 12.1. The molecule has 0 radical (unpaired) electrons. The number of hydrogen-bond acceptors (Lipinski definition) is 3. The molecule has 1 amide bonds. The Morgan fingerprint density at radius 1 is 1.22 bits per heavy atom. The quantitative estimate of drug-likeness (QED) is 0.778. The van der Waals surface area contributed by atoms with Gasteiger partial charge < -0.3 is 5.32 Å². The molecular formula is C17H15ClN2O2S. The summed E-state index contributed by atoms with van der Waals surface area (Å²) in [6.07, 6.45) is 0.279. The largest absolute Gasteiger partial charge is 0.326 e. The summed E-state index contributed by atoms with van der Waals surface area (Å²) in [6, 6.07) is 12.7. The molecule has 0 aliphatic heterocycles. The van der Waals surface area contributed by atoms with Crippen molar-refractivity contribution >= 4 is 44.7 Å². The summed E-state index contributed by atoms with van der Waals surface area (Å²) in [5, 5.41) is 3.52. The second kappa shape index (κ2) is 6.56. The Kier molecular flexibility index (Phi) is 4.50. The smallest absolute Gasteiger partial charge is 0.308 e. The number of thiazole rings is 1. The Morgan fingerprint density at radius 2 is 1.96 bits per heavy atom. The molecule has 0 aliphatic rings. The summed E-state index contributed by atoms with van der Waals surface area (Å²) in [7, 11) is 0. The highest BCUT2D eigenvalue weighted by Gasteiger charge is 2.09. The van der Waals surface area contributed by atoms with Gasteiger partial charge in [0, 0.05) is 17.3 Å². The number of benzene rings is 2. The van der Waals surface area contributed by atoms with E-state index in [1.165, 1.54) is 11.3 Å². The number of carbonyl (C=O) groups excluding carboxylic acids is 1. The molecule has 0 aliphatic carbocycles. The van der Waals surface area contributed by atoms with E-state index in [1.807, 2.05) is 37.3 Å². The van der Waals surface area contributed by atoms with Crippen molar-refractivity contribution < 1.29 is 4.79 Å². The van der Waals surface area contributed by atoms with Crippen molar-refractivity contribution in [2.45, 2.75) is 19.9 Å². The monoisotopic (exact) mass is 346 g/mol. The lowest BCUT2D eigenvalue weighted by Crippen LogP contribution is -2.14. The molecule has 4 nitrogen and oxygen atoms in total. The molecule has 1 heterocycles. The van der Waals surface area contributed by atoms with Gasteiger partial charge in [-0.3, -0.25) is 14.2 Å². The predicted molar refractivity (Wildman–Crippen MR) is 95.5 cm³/mol. The van der Waals surface area contributed by atoms with Crippen LogP contribution in [0.5, 0.6) is 0 Å². The SMILES string of the molecule is CCn1c(=O)sc2cc(NC(=O)Cc3ccc(Cl)cc3)ccc21. The number of fused-ring (bicyclic) bond motifs is 1. The number of carbonyl (C=O) groups is 1. The summed E-state index contributed by atoms with van der Waals surface area (Å²) in [5.74, 6) is -0.103. The third-order valence-electron chi connectivity index (χ3n) is 3.55. The van der Waals surface area contributed by atoms with Crippen molar-refractivity contribution in [2.75, 3.05) is 5.32 Å². The first-order valence-electron chi connectivity index (χ1n) is 7.24. The van der Waals surface area contributed by atoms with Crippen LogP contribution in [0.4, 0.5) is 5.69 Å². The van der Waals surface area contributed by atoms with E-state index in [-0.39, 0.29) is 17.2 Å². The first-order valence-corrected chi connectivity index (χ1v) is 8.44. The second-order valence-electron chi connectivity index (χ2n) is 5.15. The summed E-state index contributed by atoms with van der Waals surface area (Å²) in [4.78, 5) is 24.0. The van der Waals surface area contributed by atoms with E-state index in [9.17, 15) is 9.59 Å². The number of halogens is 1. The second-order valence-corrected chi connectivity index (χ2v) is 6.58. The fourth-order valence-electron chi connectivity index (χ4n) is 2.44. The lowest BCUT2D eigenvalue weighted by atomic mass is 10.1. The molecule has 0 unspecified atom stereocenters. The maximum absolute atomic E-state index is 12.1. The van der Waals surface area contributed by atoms with Crippen LogP contribution in [-0.2, 0) is 17.8 Å². The number of hydrogen-bond donors (Lipinski definition) is 1. The predicted octanol–water partition coefficient (Wildman–Crippen LogP) is 3.92. The van der Waals surface area contributed by atoms with Crippen LogP contribution in [0.25, 0.3) is 10.2 Å². The summed E-state index contributed by atoms with van der Waals surface area (Å²) < 4.78 is 2.60. The summed E-state index contributed by atoms with van der Waals surface area (Å²) >= 11 is 7.02. The van der Waals surface area contributed by atoms with Crippen molar-refractivity contribution in [3.8, 4) is 0 Å². The average Bonchev–Trinajstić information content (AvgIpc) is 2.83. The van der Waals surface area contributed by atoms with Gasteiger partial charge in [0.25, 0.3) is 0 Å². The molecule has 0 saturated carbocycles. The van der Waals surface area contributed by atoms with Gasteiger partial charge in [-0.1, -0.05) is 35.1 Å². The minimum absolute atomic E-state index is 0.0205. The van der Waals surface area contributed by atoms with Crippen LogP contribution in [-0.4, -0.2) is 10.5 Å². The van der Waals surface area contributed by atoms with Crippen molar-refractivity contribution in [1.82, 2.24) is 4.57 Å². The fraction of sp³-hybridized carbons (Fsp3) is 0.176. The highest BCUT2D eigenvalue weighted by Crippen LogP contribution is 2.22. The van der Waals surface area contributed by atoms with Crippen molar-refractivity contribution in [1.29, 1.82) is 0 Å². The number of nitrogens with one attached hydrogen (secondary N) is 1. The normalized spacial score (nSPS) is 10.9. The molecule has 0 atom stereocenters. The standard InChI is InChI=1S/C17H15ClN2O2S/c1-2-20-14-8-7-13(10-15(14)23-17(20)22)19-16(21)9-11-3-5-12(18)6-4-11/h3-8,10H,2,9H2,1H3,(H,19,21). The van der Waals surface area contributed by atoms with Crippen LogP contribution in [0.2, 0.25) is 5.02 Å². The lowest BCUT2D eigenvalue weighted by Gasteiger charge is -2.06. The number of nitrogens with zero attached hydrogens (tertiary/aromatic N) is 1. The van der Waals surface area contributed by atoms with Gasteiger partial charge in [0.1, 0.15) is 0 Å². The van der Waals surface area contributed by atoms with Crippen LogP contribution in [0.3, 0.4) is 0 Å². The van der Waals surface area contributed by atoms with E-state index >= 15 is 0 Å². The van der Waals surface area contributed by atoms with Crippen LogP contribution in [0.1, 0.15) is 12.5 Å². The molecule has 23 heavy (non-hydrogen) atoms. The third kappa shape index (κ3) is 3.46. The first kappa shape index (κ1) is 15.8. The number of aromatic nitrogens is 1. The van der Waals surface area contributed by atoms with E-state index in [0.717, 1.165) is 15.8 Å². The Hall–Kier alpha value is -2.11. The third-order valence-corrected chi connectivity index (χ3v) is 4.74. The number of rotatable bonds is 4. The molecule has 1 aromatic heterocycles. The Morgan fingerprint density at radius 3 is 2.65 bits per heavy atom. The molecule has 6 heteroatoms. The zero-order chi connectivity index (χ0) is 16.4. The number of amides is 1. The molecule has 0 fully saturated rings. The van der Waals surface area contributed by atoms with Gasteiger partial charge in [-0.25, -0.2) is 0 Å². The van der Waals surface area contributed by atoms with Gasteiger partial charge in [0.15, 0.2) is 0 Å². The van der Waals surface area contributed by atoms with Crippen molar-refractivity contribution in [3.63, 3.8) is 0 Å². The van der Waals surface area contributed by atoms with Crippen molar-refractivity contribution in [3.05, 3.63) is 62.7 Å². The highest BCUT2D eigenvalue weighted by atomic mass is 35.5. The molecule has 3 aromatic rings. The first-order chi connectivity index (χ1) is 11.1. The molecule has 0 bridgehead atoms. The van der Waals surface area contributed by atoms with E-state index in [4.69, 9.17) is 11.6 Å². The lowest BCUT2D eigenvalue weighted by molar-refractivity contribution is -0.115. The minimum atomic E-state index is -0.103. The summed E-state index contributed by atoms with van der Waals surface area (Å²) in [5.41, 5.74) is 2.49. The maximum Gasteiger partial charge on any atom is 0.308 e. The van der Waals surface area contributed by atoms with Gasteiger partial charge >= 0.3 is 4.87 Å². The van der Waals surface area contributed by atoms with E-state index in [2.05, 4.69) is 5.32 Å². The van der Waals surface area contributed by atoms with Gasteiger partial charge in [-0.2, -0.15) is 0 Å². The highest BCUT2D eigenvalue weighted by molar-refractivity contribution is 7.16. The van der Waals surface area contributed by atoms with Crippen LogP contribution < -0.4 is 10.2 Å². The zero-order valence-corrected chi connectivity index (χ0v) is 14.1. The Balaban J connectivity index is 1.77. The molecule has 1 N–H and O–H groups in total. The minimum Gasteiger partial charge on any atom is -0.326 e. The van der Waals surface area contributed by atoms with Gasteiger partial charge in [0.2, 0.25) is 5.91 Å². The Labute approximate surface area is 142 Å². The number of aryl methyl sites for hydroxylation is 1. The molecule has 3 rings (SSSR count). The molecule has 118 valence electrons. The Bertz CT molecular complexity index is 912. The molecular weight excluding hydrogens is 332 g/mol. The molecule has 2 aromatic carbocycles.